The summed E-state index contributed by atoms with van der Waals surface area (Å²) in [5, 5.41) is 4.58. The lowest BCUT2D eigenvalue weighted by molar-refractivity contribution is -0.171. The minimum absolute atomic E-state index is 0.391. The van der Waals surface area contributed by atoms with Crippen LogP contribution in [-0.4, -0.2) is 55.6 Å². The molecule has 0 aliphatic heterocycles. The van der Waals surface area contributed by atoms with Crippen LogP contribution in [0.1, 0.15) is 49.7 Å². The Labute approximate surface area is 217 Å². The van der Waals surface area contributed by atoms with Crippen molar-refractivity contribution in [1.29, 1.82) is 0 Å². The topological polar surface area (TPSA) is 91.3 Å². The maximum Gasteiger partial charge on any atom is 0.418 e. The predicted molar refractivity (Wildman–Crippen MR) is 140 cm³/mol. The SMILES string of the molecule is COc1ccc(C(NC(C(=O)N(C)OC)c2cccn2C(=O)OC(C)(C)C)c2ccc(OC)cc2)cc1. The number of methoxy groups -OCH3 is 2. The molecule has 0 radical (unpaired) electrons. The van der Waals surface area contributed by atoms with Gasteiger partial charge in [-0.15, -0.1) is 0 Å². The van der Waals surface area contributed by atoms with Crippen LogP contribution in [0.2, 0.25) is 0 Å². The number of likely N-dealkylation sites (N-methyl/N-ethyl adjacent to an activating group) is 1. The summed E-state index contributed by atoms with van der Waals surface area (Å²) in [5.41, 5.74) is 1.48. The zero-order valence-electron chi connectivity index (χ0n) is 22.3. The van der Waals surface area contributed by atoms with Gasteiger partial charge in [-0.2, -0.15) is 0 Å². The summed E-state index contributed by atoms with van der Waals surface area (Å²) in [7, 11) is 6.14. The van der Waals surface area contributed by atoms with E-state index < -0.39 is 29.7 Å². The molecule has 0 aliphatic rings. The van der Waals surface area contributed by atoms with Crippen molar-refractivity contribution in [3.63, 3.8) is 0 Å². The normalized spacial score (nSPS) is 12.2. The Hall–Kier alpha value is -3.82. The lowest BCUT2D eigenvalue weighted by Gasteiger charge is -2.29. The molecular weight excluding hydrogens is 474 g/mol. The van der Waals surface area contributed by atoms with E-state index in [4.69, 9.17) is 19.0 Å². The second kappa shape index (κ2) is 11.9. The molecule has 0 aliphatic carbocycles. The molecule has 9 heteroatoms. The van der Waals surface area contributed by atoms with Crippen LogP contribution in [0.15, 0.2) is 66.9 Å². The third-order valence-electron chi connectivity index (χ3n) is 5.73. The number of benzene rings is 2. The third-order valence-corrected chi connectivity index (χ3v) is 5.73. The number of aromatic nitrogens is 1. The highest BCUT2D eigenvalue weighted by molar-refractivity contribution is 5.84. The lowest BCUT2D eigenvalue weighted by atomic mass is 9.96. The van der Waals surface area contributed by atoms with Gasteiger partial charge in [-0.3, -0.25) is 19.5 Å². The van der Waals surface area contributed by atoms with E-state index in [0.29, 0.717) is 17.2 Å². The predicted octanol–water partition coefficient (Wildman–Crippen LogP) is 4.73. The summed E-state index contributed by atoms with van der Waals surface area (Å²) in [6, 6.07) is 17.1. The van der Waals surface area contributed by atoms with Gasteiger partial charge in [0, 0.05) is 13.2 Å². The number of hydrogen-bond acceptors (Lipinski definition) is 7. The number of nitrogens with zero attached hydrogens (tertiary/aromatic N) is 2. The van der Waals surface area contributed by atoms with E-state index >= 15 is 0 Å². The van der Waals surface area contributed by atoms with Crippen molar-refractivity contribution in [2.24, 2.45) is 0 Å². The average molecular weight is 510 g/mol. The monoisotopic (exact) mass is 509 g/mol. The van der Waals surface area contributed by atoms with Crippen LogP contribution in [0.5, 0.6) is 11.5 Å². The molecule has 9 nitrogen and oxygen atoms in total. The Kier molecular flexibility index (Phi) is 8.96. The molecule has 3 rings (SSSR count). The van der Waals surface area contributed by atoms with Crippen molar-refractivity contribution in [2.45, 2.75) is 38.5 Å². The molecular formula is C28H35N3O6. The minimum atomic E-state index is -0.957. The fourth-order valence-corrected chi connectivity index (χ4v) is 3.81. The van der Waals surface area contributed by atoms with Gasteiger partial charge >= 0.3 is 6.09 Å². The van der Waals surface area contributed by atoms with Gasteiger partial charge in [-0.25, -0.2) is 9.86 Å². The van der Waals surface area contributed by atoms with Gasteiger partial charge in [-0.05, 0) is 68.3 Å². The van der Waals surface area contributed by atoms with E-state index in [2.05, 4.69) is 5.32 Å². The Morgan fingerprint density at radius 1 is 0.865 bits per heavy atom. The molecule has 0 bridgehead atoms. The number of hydrogen-bond donors (Lipinski definition) is 1. The van der Waals surface area contributed by atoms with Crippen molar-refractivity contribution in [3.8, 4) is 11.5 Å². The van der Waals surface area contributed by atoms with E-state index in [1.807, 2.05) is 48.5 Å². The molecule has 1 N–H and O–H groups in total. The van der Waals surface area contributed by atoms with Gasteiger partial charge in [0.1, 0.15) is 23.1 Å². The second-order valence-corrected chi connectivity index (χ2v) is 9.38. The van der Waals surface area contributed by atoms with Crippen LogP contribution in [0.25, 0.3) is 0 Å². The lowest BCUT2D eigenvalue weighted by Crippen LogP contribution is -2.42. The number of nitrogens with one attached hydrogen (secondary N) is 1. The number of hydroxylamine groups is 2. The van der Waals surface area contributed by atoms with E-state index in [9.17, 15) is 9.59 Å². The Bertz CT molecular complexity index is 1130. The highest BCUT2D eigenvalue weighted by Gasteiger charge is 2.32. The number of carbonyl (C=O) groups is 2. The summed E-state index contributed by atoms with van der Waals surface area (Å²) in [6.45, 7) is 5.37. The highest BCUT2D eigenvalue weighted by atomic mass is 16.7. The minimum Gasteiger partial charge on any atom is -0.497 e. The van der Waals surface area contributed by atoms with Crippen molar-refractivity contribution < 1.29 is 28.6 Å². The Balaban J connectivity index is 2.09. The first-order valence-electron chi connectivity index (χ1n) is 11.8. The summed E-state index contributed by atoms with van der Waals surface area (Å²) in [4.78, 5) is 31.8. The molecule has 1 unspecified atom stereocenters. The van der Waals surface area contributed by atoms with E-state index in [1.54, 1.807) is 53.3 Å². The first kappa shape index (κ1) is 27.8. The molecule has 2 aromatic carbocycles. The largest absolute Gasteiger partial charge is 0.497 e. The quantitative estimate of drug-likeness (QED) is 0.417. The number of ether oxygens (including phenoxy) is 3. The maximum atomic E-state index is 13.6. The fourth-order valence-electron chi connectivity index (χ4n) is 3.81. The molecule has 1 atom stereocenters. The third kappa shape index (κ3) is 6.90. The van der Waals surface area contributed by atoms with Crippen LogP contribution >= 0.6 is 0 Å². The average Bonchev–Trinajstić information content (AvgIpc) is 3.38. The number of carbonyl (C=O) groups excluding carboxylic acids is 2. The molecule has 0 saturated heterocycles. The first-order valence-corrected chi connectivity index (χ1v) is 11.8. The standard InChI is InChI=1S/C28H35N3O6/c1-28(2,3)37-27(33)31-18-8-9-23(31)25(26(32)30(4)36-7)29-24(19-10-14-21(34-5)15-11-19)20-12-16-22(35-6)17-13-20/h8-18,24-25,29H,1-7H3. The van der Waals surface area contributed by atoms with E-state index in [-0.39, 0.29) is 0 Å². The van der Waals surface area contributed by atoms with Crippen molar-refractivity contribution >= 4 is 12.0 Å². The van der Waals surface area contributed by atoms with Crippen LogP contribution in [0.3, 0.4) is 0 Å². The molecule has 37 heavy (non-hydrogen) atoms. The van der Waals surface area contributed by atoms with Crippen LogP contribution in [-0.2, 0) is 14.4 Å². The first-order chi connectivity index (χ1) is 17.6. The zero-order chi connectivity index (χ0) is 27.2. The summed E-state index contributed by atoms with van der Waals surface area (Å²) < 4.78 is 17.6. The molecule has 1 amide bonds. The van der Waals surface area contributed by atoms with E-state index in [0.717, 1.165) is 16.2 Å². The highest BCUT2D eigenvalue weighted by Crippen LogP contribution is 2.30. The molecule has 0 spiro atoms. The van der Waals surface area contributed by atoms with Gasteiger partial charge in [-0.1, -0.05) is 24.3 Å². The Morgan fingerprint density at radius 3 is 1.81 bits per heavy atom. The number of rotatable bonds is 9. The summed E-state index contributed by atoms with van der Waals surface area (Å²) in [5.74, 6) is 1.03. The van der Waals surface area contributed by atoms with Crippen molar-refractivity contribution in [1.82, 2.24) is 14.9 Å². The van der Waals surface area contributed by atoms with Crippen LogP contribution in [0.4, 0.5) is 4.79 Å². The number of amides is 1. The maximum absolute atomic E-state index is 13.6. The van der Waals surface area contributed by atoms with Crippen molar-refractivity contribution in [3.05, 3.63) is 83.7 Å². The molecule has 0 saturated carbocycles. The molecule has 1 heterocycles. The van der Waals surface area contributed by atoms with Crippen molar-refractivity contribution in [2.75, 3.05) is 28.4 Å². The van der Waals surface area contributed by atoms with Gasteiger partial charge in [0.25, 0.3) is 5.91 Å². The van der Waals surface area contributed by atoms with Gasteiger partial charge in [0.15, 0.2) is 0 Å². The summed E-state index contributed by atoms with van der Waals surface area (Å²) in [6.07, 6.45) is 0.992. The second-order valence-electron chi connectivity index (χ2n) is 9.38. The van der Waals surface area contributed by atoms with Crippen LogP contribution < -0.4 is 14.8 Å². The van der Waals surface area contributed by atoms with Gasteiger partial charge in [0.2, 0.25) is 0 Å². The zero-order valence-corrected chi connectivity index (χ0v) is 22.3. The molecule has 198 valence electrons. The van der Waals surface area contributed by atoms with Gasteiger partial charge < -0.3 is 14.2 Å². The smallest absolute Gasteiger partial charge is 0.418 e. The molecule has 0 fully saturated rings. The molecule has 1 aromatic heterocycles. The molecule has 3 aromatic rings. The van der Waals surface area contributed by atoms with Gasteiger partial charge in [0.05, 0.1) is 33.1 Å². The van der Waals surface area contributed by atoms with Crippen LogP contribution in [0, 0.1) is 0 Å². The fraction of sp³-hybridized carbons (Fsp3) is 0.357. The summed E-state index contributed by atoms with van der Waals surface area (Å²) >= 11 is 0. The Morgan fingerprint density at radius 2 is 1.38 bits per heavy atom. The van der Waals surface area contributed by atoms with E-state index in [1.165, 1.54) is 18.7 Å².